The first kappa shape index (κ1) is 18.0. The van der Waals surface area contributed by atoms with Crippen molar-refractivity contribution in [2.45, 2.75) is 87.2 Å². The molecule has 0 radical (unpaired) electrons. The molecular formula is C16H30N4O4. The Hall–Kier alpha value is -0.770. The van der Waals surface area contributed by atoms with Crippen LogP contribution in [0, 0.1) is 0 Å². The molecular weight excluding hydrogens is 312 g/mol. The van der Waals surface area contributed by atoms with Gasteiger partial charge in [-0.25, -0.2) is 0 Å². The van der Waals surface area contributed by atoms with Gasteiger partial charge in [0.15, 0.2) is 6.29 Å². The Morgan fingerprint density at radius 1 is 1.21 bits per heavy atom. The summed E-state index contributed by atoms with van der Waals surface area (Å²) in [5, 5.41) is 13.1. The minimum atomic E-state index is -1.32. The molecule has 1 saturated heterocycles. The zero-order valence-electron chi connectivity index (χ0n) is 14.0. The highest BCUT2D eigenvalue weighted by Gasteiger charge is 2.48. The lowest BCUT2D eigenvalue weighted by molar-refractivity contribution is -0.170. The monoisotopic (exact) mass is 342 g/mol. The lowest BCUT2D eigenvalue weighted by atomic mass is 9.75. The third-order valence-corrected chi connectivity index (χ3v) is 5.33. The van der Waals surface area contributed by atoms with E-state index in [1.165, 1.54) is 0 Å². The Kier molecular flexibility index (Phi) is 5.43. The highest BCUT2D eigenvalue weighted by molar-refractivity contribution is 5.86. The molecule has 1 aliphatic heterocycles. The van der Waals surface area contributed by atoms with Crippen molar-refractivity contribution in [3.8, 4) is 0 Å². The first-order valence-corrected chi connectivity index (χ1v) is 8.93. The van der Waals surface area contributed by atoms with Crippen LogP contribution in [-0.2, 0) is 14.3 Å². The molecule has 0 aromatic rings. The quantitative estimate of drug-likeness (QED) is 0.416. The minimum Gasteiger partial charge on any atom is -0.380 e. The van der Waals surface area contributed by atoms with Gasteiger partial charge in [-0.1, -0.05) is 0 Å². The number of carbonyl (C=O) groups is 1. The Morgan fingerprint density at radius 2 is 1.96 bits per heavy atom. The summed E-state index contributed by atoms with van der Waals surface area (Å²) in [6.07, 6.45) is 4.25. The Labute approximate surface area is 142 Å². The first-order chi connectivity index (χ1) is 11.4. The van der Waals surface area contributed by atoms with E-state index in [1.807, 2.05) is 0 Å². The van der Waals surface area contributed by atoms with Crippen molar-refractivity contribution in [2.24, 2.45) is 17.2 Å². The van der Waals surface area contributed by atoms with Gasteiger partial charge >= 0.3 is 0 Å². The standard InChI is InChI=1S/C16H30N4O4/c17-8-12-1-2-14(23-12)24-13-4-9(18)3-11(5-13)20-15(21)16(22)6-10(19)7-16/h9-14,22H,1-8,17-19H2,(H,20,21). The van der Waals surface area contributed by atoms with Crippen LogP contribution in [0.15, 0.2) is 0 Å². The summed E-state index contributed by atoms with van der Waals surface area (Å²) < 4.78 is 11.7. The number of nitrogens with one attached hydrogen (secondary N) is 1. The largest absolute Gasteiger partial charge is 0.380 e. The van der Waals surface area contributed by atoms with Gasteiger partial charge in [0, 0.05) is 43.9 Å². The fourth-order valence-corrected chi connectivity index (χ4v) is 4.01. The second-order valence-electron chi connectivity index (χ2n) is 7.60. The number of carbonyl (C=O) groups excluding carboxylic acids is 1. The second kappa shape index (κ2) is 7.23. The van der Waals surface area contributed by atoms with Crippen LogP contribution in [0.25, 0.3) is 0 Å². The molecule has 2 saturated carbocycles. The molecule has 0 bridgehead atoms. The van der Waals surface area contributed by atoms with Gasteiger partial charge in [0.05, 0.1) is 12.2 Å². The summed E-state index contributed by atoms with van der Waals surface area (Å²) >= 11 is 0. The van der Waals surface area contributed by atoms with Crippen molar-refractivity contribution in [1.82, 2.24) is 5.32 Å². The summed E-state index contributed by atoms with van der Waals surface area (Å²) in [6.45, 7) is 0.503. The van der Waals surface area contributed by atoms with Crippen LogP contribution in [0.1, 0.15) is 44.9 Å². The molecule has 138 valence electrons. The van der Waals surface area contributed by atoms with Crippen LogP contribution in [-0.4, -0.2) is 59.8 Å². The number of nitrogens with two attached hydrogens (primary N) is 3. The maximum Gasteiger partial charge on any atom is 0.252 e. The summed E-state index contributed by atoms with van der Waals surface area (Å²) in [5.41, 5.74) is 16.1. The normalized spacial score (nSPS) is 45.7. The highest BCUT2D eigenvalue weighted by Crippen LogP contribution is 2.32. The molecule has 5 atom stereocenters. The number of amides is 1. The maximum atomic E-state index is 12.3. The van der Waals surface area contributed by atoms with E-state index < -0.39 is 5.60 Å². The Balaban J connectivity index is 1.49. The first-order valence-electron chi connectivity index (χ1n) is 8.93. The van der Waals surface area contributed by atoms with Crippen molar-refractivity contribution in [3.05, 3.63) is 0 Å². The van der Waals surface area contributed by atoms with E-state index in [1.54, 1.807) is 0 Å². The van der Waals surface area contributed by atoms with Crippen LogP contribution >= 0.6 is 0 Å². The van der Waals surface area contributed by atoms with Gasteiger partial charge in [-0.05, 0) is 25.7 Å². The molecule has 8 nitrogen and oxygen atoms in total. The van der Waals surface area contributed by atoms with Crippen molar-refractivity contribution in [2.75, 3.05) is 6.54 Å². The molecule has 0 aromatic carbocycles. The summed E-state index contributed by atoms with van der Waals surface area (Å²) in [7, 11) is 0. The molecule has 0 spiro atoms. The highest BCUT2D eigenvalue weighted by atomic mass is 16.7. The molecule has 3 aliphatic rings. The molecule has 3 fully saturated rings. The average molecular weight is 342 g/mol. The SMILES string of the molecule is NCC1CCC(OC2CC(N)CC(NC(=O)C3(O)CC(N)C3)C2)O1. The number of aliphatic hydroxyl groups is 1. The van der Waals surface area contributed by atoms with Gasteiger partial charge in [-0.3, -0.25) is 4.79 Å². The van der Waals surface area contributed by atoms with E-state index in [0.29, 0.717) is 32.2 Å². The van der Waals surface area contributed by atoms with Gasteiger partial charge in [-0.2, -0.15) is 0 Å². The molecule has 24 heavy (non-hydrogen) atoms. The van der Waals surface area contributed by atoms with Gasteiger partial charge in [0.25, 0.3) is 5.91 Å². The molecule has 8 heteroatoms. The van der Waals surface area contributed by atoms with Gasteiger partial charge in [-0.15, -0.1) is 0 Å². The van der Waals surface area contributed by atoms with Crippen molar-refractivity contribution >= 4 is 5.91 Å². The summed E-state index contributed by atoms with van der Waals surface area (Å²) in [5.74, 6) is -0.345. The topological polar surface area (TPSA) is 146 Å². The molecule has 0 aromatic heterocycles. The van der Waals surface area contributed by atoms with Gasteiger partial charge < -0.3 is 37.1 Å². The summed E-state index contributed by atoms with van der Waals surface area (Å²) in [6, 6.07) is -0.238. The zero-order chi connectivity index (χ0) is 17.3. The number of ether oxygens (including phenoxy) is 2. The van der Waals surface area contributed by atoms with Crippen LogP contribution < -0.4 is 22.5 Å². The molecule has 1 heterocycles. The van der Waals surface area contributed by atoms with E-state index >= 15 is 0 Å². The third-order valence-electron chi connectivity index (χ3n) is 5.33. The van der Waals surface area contributed by atoms with Crippen molar-refractivity contribution in [3.63, 3.8) is 0 Å². The molecule has 3 rings (SSSR count). The Bertz CT molecular complexity index is 457. The third kappa shape index (κ3) is 4.07. The minimum absolute atomic E-state index is 0.0425. The van der Waals surface area contributed by atoms with E-state index in [-0.39, 0.29) is 42.5 Å². The van der Waals surface area contributed by atoms with Crippen LogP contribution in [0.2, 0.25) is 0 Å². The summed E-state index contributed by atoms with van der Waals surface area (Å²) in [4.78, 5) is 12.3. The van der Waals surface area contributed by atoms with Gasteiger partial charge in [0.2, 0.25) is 0 Å². The van der Waals surface area contributed by atoms with E-state index in [4.69, 9.17) is 26.7 Å². The smallest absolute Gasteiger partial charge is 0.252 e. The van der Waals surface area contributed by atoms with E-state index in [0.717, 1.165) is 19.3 Å². The molecule has 2 aliphatic carbocycles. The van der Waals surface area contributed by atoms with E-state index in [2.05, 4.69) is 5.32 Å². The predicted octanol–water partition coefficient (Wildman–Crippen LogP) is -1.32. The molecule has 8 N–H and O–H groups in total. The maximum absolute atomic E-state index is 12.3. The van der Waals surface area contributed by atoms with Crippen molar-refractivity contribution in [1.29, 1.82) is 0 Å². The van der Waals surface area contributed by atoms with Crippen LogP contribution in [0.4, 0.5) is 0 Å². The Morgan fingerprint density at radius 3 is 2.58 bits per heavy atom. The lowest BCUT2D eigenvalue weighted by Crippen LogP contribution is -2.62. The fraction of sp³-hybridized carbons (Fsp3) is 0.938. The van der Waals surface area contributed by atoms with E-state index in [9.17, 15) is 9.90 Å². The number of hydrogen-bond acceptors (Lipinski definition) is 7. The molecule has 1 amide bonds. The van der Waals surface area contributed by atoms with Gasteiger partial charge in [0.1, 0.15) is 5.60 Å². The fourth-order valence-electron chi connectivity index (χ4n) is 4.01. The number of rotatable bonds is 5. The average Bonchev–Trinajstić information content (AvgIpc) is 2.92. The van der Waals surface area contributed by atoms with Crippen molar-refractivity contribution < 1.29 is 19.4 Å². The predicted molar refractivity (Wildman–Crippen MR) is 87.7 cm³/mol. The molecule has 5 unspecified atom stereocenters. The van der Waals surface area contributed by atoms with Crippen LogP contribution in [0.3, 0.4) is 0 Å². The zero-order valence-corrected chi connectivity index (χ0v) is 14.0. The lowest BCUT2D eigenvalue weighted by Gasteiger charge is -2.42. The van der Waals surface area contributed by atoms with Crippen LogP contribution in [0.5, 0.6) is 0 Å². The second-order valence-corrected chi connectivity index (χ2v) is 7.60. The number of hydrogen-bond donors (Lipinski definition) is 5.